The lowest BCUT2D eigenvalue weighted by molar-refractivity contribution is -0.140. The smallest absolute Gasteiger partial charge is 0.244 e. The van der Waals surface area contributed by atoms with Crippen LogP contribution < -0.4 is 9.62 Å². The zero-order valence-electron chi connectivity index (χ0n) is 21.0. The number of aryl methyl sites for hydroxylation is 1. The molecule has 198 valence electrons. The topological polar surface area (TPSA) is 86.8 Å². The number of hydrogen-bond donors (Lipinski definition) is 1. The van der Waals surface area contributed by atoms with Crippen LogP contribution in [0.4, 0.5) is 5.69 Å². The number of nitrogens with one attached hydrogen (secondary N) is 1. The first-order chi connectivity index (χ1) is 16.8. The van der Waals surface area contributed by atoms with Gasteiger partial charge in [-0.2, -0.15) is 0 Å². The van der Waals surface area contributed by atoms with Crippen LogP contribution in [-0.2, 0) is 26.2 Å². The Balaban J connectivity index is 2.50. The molecule has 2 rings (SSSR count). The summed E-state index contributed by atoms with van der Waals surface area (Å²) in [6, 6.07) is 9.04. The third-order valence-corrected chi connectivity index (χ3v) is 8.47. The molecule has 11 heteroatoms. The van der Waals surface area contributed by atoms with E-state index in [-0.39, 0.29) is 18.5 Å². The van der Waals surface area contributed by atoms with Gasteiger partial charge < -0.3 is 10.2 Å². The van der Waals surface area contributed by atoms with Gasteiger partial charge in [0.2, 0.25) is 21.8 Å². The maximum atomic E-state index is 13.7. The lowest BCUT2D eigenvalue weighted by Crippen LogP contribution is -2.53. The highest BCUT2D eigenvalue weighted by Gasteiger charge is 2.32. The number of halogens is 3. The largest absolute Gasteiger partial charge is 0.352 e. The van der Waals surface area contributed by atoms with Crippen LogP contribution in [0.1, 0.15) is 44.7 Å². The molecule has 0 saturated carbocycles. The molecule has 2 aromatic carbocycles. The quantitative estimate of drug-likeness (QED) is 0.357. The maximum absolute atomic E-state index is 13.7. The minimum Gasteiger partial charge on any atom is -0.352 e. The number of nitrogens with zero attached hydrogens (tertiary/aromatic N) is 2. The van der Waals surface area contributed by atoms with Crippen LogP contribution in [0.5, 0.6) is 0 Å². The zero-order chi connectivity index (χ0) is 27.2. The number of rotatable bonds is 11. The van der Waals surface area contributed by atoms with Crippen molar-refractivity contribution in [3.8, 4) is 0 Å². The molecular formula is C25H32BrCl2N3O4S. The van der Waals surface area contributed by atoms with Gasteiger partial charge in [0.15, 0.2) is 0 Å². The van der Waals surface area contributed by atoms with Gasteiger partial charge in [0, 0.05) is 27.1 Å². The number of carbonyl (C=O) groups excluding carboxylic acids is 2. The normalized spacial score (nSPS) is 13.1. The predicted molar refractivity (Wildman–Crippen MR) is 150 cm³/mol. The van der Waals surface area contributed by atoms with Crippen molar-refractivity contribution in [2.75, 3.05) is 17.1 Å². The first kappa shape index (κ1) is 30.4. The molecule has 0 aliphatic rings. The summed E-state index contributed by atoms with van der Waals surface area (Å²) in [6.07, 6.45) is 2.10. The first-order valence-corrected chi connectivity index (χ1v) is 15.0. The van der Waals surface area contributed by atoms with E-state index in [0.29, 0.717) is 27.7 Å². The van der Waals surface area contributed by atoms with E-state index in [1.165, 1.54) is 4.90 Å². The van der Waals surface area contributed by atoms with Gasteiger partial charge in [-0.05, 0) is 68.1 Å². The molecule has 7 nitrogen and oxygen atoms in total. The van der Waals surface area contributed by atoms with Gasteiger partial charge in [-0.1, -0.05) is 59.0 Å². The summed E-state index contributed by atoms with van der Waals surface area (Å²) in [5.41, 5.74) is 1.76. The summed E-state index contributed by atoms with van der Waals surface area (Å²) >= 11 is 15.8. The van der Waals surface area contributed by atoms with Crippen LogP contribution in [0.25, 0.3) is 0 Å². The van der Waals surface area contributed by atoms with Crippen molar-refractivity contribution in [3.63, 3.8) is 0 Å². The second-order valence-corrected chi connectivity index (χ2v) is 12.3. The molecule has 0 aliphatic heterocycles. The molecule has 0 saturated heterocycles. The standard InChI is InChI=1S/C25H32BrCl2N3O4S/c1-6-17(4)29-25(33)23(7-2)30(14-18-8-9-19(27)13-22(18)28)24(32)15-31(36(5,34)35)20-10-11-21(26)16(3)12-20/h8-13,17,23H,6-7,14-15H2,1-5H3,(H,29,33)/t17-,23-/m0/s1. The number of benzene rings is 2. The van der Waals surface area contributed by atoms with Gasteiger partial charge in [-0.3, -0.25) is 13.9 Å². The third-order valence-electron chi connectivity index (χ3n) is 5.85. The number of hydrogen-bond acceptors (Lipinski definition) is 4. The summed E-state index contributed by atoms with van der Waals surface area (Å²) in [6.45, 7) is 7.01. The number of anilines is 1. The maximum Gasteiger partial charge on any atom is 0.244 e. The Hall–Kier alpha value is -1.81. The van der Waals surface area contributed by atoms with Crippen molar-refractivity contribution < 1.29 is 18.0 Å². The molecule has 0 aliphatic carbocycles. The number of carbonyl (C=O) groups is 2. The van der Waals surface area contributed by atoms with Gasteiger partial charge in [0.05, 0.1) is 11.9 Å². The van der Waals surface area contributed by atoms with Crippen molar-refractivity contribution in [2.24, 2.45) is 0 Å². The Labute approximate surface area is 232 Å². The lowest BCUT2D eigenvalue weighted by atomic mass is 10.1. The van der Waals surface area contributed by atoms with E-state index in [9.17, 15) is 18.0 Å². The van der Waals surface area contributed by atoms with E-state index in [0.717, 1.165) is 27.0 Å². The first-order valence-electron chi connectivity index (χ1n) is 11.6. The number of sulfonamides is 1. The van der Waals surface area contributed by atoms with E-state index in [1.54, 1.807) is 43.3 Å². The third kappa shape index (κ3) is 8.10. The summed E-state index contributed by atoms with van der Waals surface area (Å²) < 4.78 is 27.3. The molecule has 2 amide bonds. The summed E-state index contributed by atoms with van der Waals surface area (Å²) in [5.74, 6) is -0.839. The Kier molecular flexibility index (Phi) is 11.1. The van der Waals surface area contributed by atoms with Gasteiger partial charge >= 0.3 is 0 Å². The van der Waals surface area contributed by atoms with E-state index in [1.807, 2.05) is 20.8 Å². The Morgan fingerprint density at radius 1 is 1.08 bits per heavy atom. The molecule has 1 N–H and O–H groups in total. The van der Waals surface area contributed by atoms with Gasteiger partial charge in [-0.25, -0.2) is 8.42 Å². The van der Waals surface area contributed by atoms with Crippen molar-refractivity contribution in [2.45, 2.75) is 59.2 Å². The summed E-state index contributed by atoms with van der Waals surface area (Å²) in [7, 11) is -3.81. The van der Waals surface area contributed by atoms with Gasteiger partial charge in [-0.15, -0.1) is 0 Å². The lowest BCUT2D eigenvalue weighted by Gasteiger charge is -2.33. The Morgan fingerprint density at radius 2 is 1.75 bits per heavy atom. The molecule has 0 fully saturated rings. The number of amides is 2. The van der Waals surface area contributed by atoms with E-state index < -0.39 is 28.5 Å². The molecule has 0 heterocycles. The molecule has 0 unspecified atom stereocenters. The SMILES string of the molecule is CC[C@H](C)NC(=O)[C@H](CC)N(Cc1ccc(Cl)cc1Cl)C(=O)CN(c1ccc(Br)c(C)c1)S(C)(=O)=O. The van der Waals surface area contributed by atoms with Gasteiger partial charge in [0.25, 0.3) is 0 Å². The molecule has 0 spiro atoms. The predicted octanol–water partition coefficient (Wildman–Crippen LogP) is 5.55. The Bertz CT molecular complexity index is 1210. The molecule has 36 heavy (non-hydrogen) atoms. The van der Waals surface area contributed by atoms with E-state index >= 15 is 0 Å². The minimum absolute atomic E-state index is 0.0121. The monoisotopic (exact) mass is 619 g/mol. The van der Waals surface area contributed by atoms with Crippen LogP contribution in [0.2, 0.25) is 10.0 Å². The van der Waals surface area contributed by atoms with Gasteiger partial charge in [0.1, 0.15) is 12.6 Å². The van der Waals surface area contributed by atoms with Crippen molar-refractivity contribution in [1.82, 2.24) is 10.2 Å². The van der Waals surface area contributed by atoms with Crippen LogP contribution in [0, 0.1) is 6.92 Å². The molecule has 0 aromatic heterocycles. The average Bonchev–Trinajstić information content (AvgIpc) is 2.79. The summed E-state index contributed by atoms with van der Waals surface area (Å²) in [5, 5.41) is 3.72. The highest BCUT2D eigenvalue weighted by molar-refractivity contribution is 9.10. The van der Waals surface area contributed by atoms with Crippen molar-refractivity contribution in [3.05, 3.63) is 62.0 Å². The molecule has 0 radical (unpaired) electrons. The van der Waals surface area contributed by atoms with Crippen LogP contribution >= 0.6 is 39.1 Å². The molecule has 0 bridgehead atoms. The van der Waals surface area contributed by atoms with Crippen LogP contribution in [0.3, 0.4) is 0 Å². The fraction of sp³-hybridized carbons (Fsp3) is 0.440. The molecule has 2 aromatic rings. The molecular weight excluding hydrogens is 589 g/mol. The second kappa shape index (κ2) is 13.1. The van der Waals surface area contributed by atoms with Crippen molar-refractivity contribution in [1.29, 1.82) is 0 Å². The molecule has 2 atom stereocenters. The highest BCUT2D eigenvalue weighted by Crippen LogP contribution is 2.27. The highest BCUT2D eigenvalue weighted by atomic mass is 79.9. The van der Waals surface area contributed by atoms with Crippen LogP contribution in [0.15, 0.2) is 40.9 Å². The fourth-order valence-electron chi connectivity index (χ4n) is 3.59. The zero-order valence-corrected chi connectivity index (χ0v) is 24.9. The minimum atomic E-state index is -3.81. The average molecular weight is 621 g/mol. The van der Waals surface area contributed by atoms with E-state index in [2.05, 4.69) is 21.2 Å². The fourth-order valence-corrected chi connectivity index (χ4v) is 5.15. The Morgan fingerprint density at radius 3 is 2.28 bits per heavy atom. The summed E-state index contributed by atoms with van der Waals surface area (Å²) in [4.78, 5) is 28.3. The van der Waals surface area contributed by atoms with Crippen molar-refractivity contribution >= 4 is 66.7 Å². The van der Waals surface area contributed by atoms with Crippen LogP contribution in [-0.4, -0.2) is 50.0 Å². The second-order valence-electron chi connectivity index (χ2n) is 8.70. The van der Waals surface area contributed by atoms with E-state index in [4.69, 9.17) is 23.2 Å².